The third-order valence-electron chi connectivity index (χ3n) is 4.98. The van der Waals surface area contributed by atoms with Gasteiger partial charge in [-0.3, -0.25) is 4.79 Å². The van der Waals surface area contributed by atoms with Gasteiger partial charge in [-0.15, -0.1) is 0 Å². The van der Waals surface area contributed by atoms with Crippen LogP contribution in [0.3, 0.4) is 0 Å². The van der Waals surface area contributed by atoms with Crippen molar-refractivity contribution in [2.24, 2.45) is 0 Å². The summed E-state index contributed by atoms with van der Waals surface area (Å²) in [6, 6.07) is 5.09. The predicted octanol–water partition coefficient (Wildman–Crippen LogP) is 3.44. The van der Waals surface area contributed by atoms with Crippen molar-refractivity contribution in [3.63, 3.8) is 0 Å². The summed E-state index contributed by atoms with van der Waals surface area (Å²) in [6.07, 6.45) is 2.00. The molecule has 1 heterocycles. The van der Waals surface area contributed by atoms with E-state index in [4.69, 9.17) is 28.3 Å². The summed E-state index contributed by atoms with van der Waals surface area (Å²) in [7, 11) is 0. The molecule has 1 saturated heterocycles. The summed E-state index contributed by atoms with van der Waals surface area (Å²) in [5.74, 6) is -1.73. The maximum Gasteiger partial charge on any atom is 0.343 e. The molecule has 2 fully saturated rings. The largest absolute Gasteiger partial charge is 0.479 e. The van der Waals surface area contributed by atoms with Gasteiger partial charge in [-0.2, -0.15) is 0 Å². The molecule has 1 amide bonds. The lowest BCUT2D eigenvalue weighted by Crippen LogP contribution is -2.51. The molecule has 1 N–H and O–H groups in total. The minimum absolute atomic E-state index is 0.116. The van der Waals surface area contributed by atoms with Gasteiger partial charge in [0.1, 0.15) is 0 Å². The Balaban J connectivity index is 1.87. The SMILES string of the molecule is O=C(O)C1(F)CCN(C(=O)C2(c3ccc(Cl)c(Cl)c3)CCC2)C1. The van der Waals surface area contributed by atoms with Gasteiger partial charge in [0.2, 0.25) is 11.6 Å². The molecule has 1 aromatic rings. The van der Waals surface area contributed by atoms with Gasteiger partial charge < -0.3 is 10.0 Å². The van der Waals surface area contributed by atoms with E-state index in [1.54, 1.807) is 18.2 Å². The molecular formula is C16H16Cl2FNO3. The number of likely N-dealkylation sites (tertiary alicyclic amines) is 1. The van der Waals surface area contributed by atoms with Crippen LogP contribution in [0.15, 0.2) is 18.2 Å². The maximum absolute atomic E-state index is 14.2. The molecule has 1 aliphatic heterocycles. The van der Waals surface area contributed by atoms with Crippen molar-refractivity contribution in [1.29, 1.82) is 0 Å². The molecule has 124 valence electrons. The summed E-state index contributed by atoms with van der Waals surface area (Å²) in [5, 5.41) is 9.76. The number of hydrogen-bond donors (Lipinski definition) is 1. The van der Waals surface area contributed by atoms with E-state index >= 15 is 0 Å². The standard InChI is InChI=1S/C16H16Cl2FNO3/c17-11-3-2-10(8-12(11)18)15(4-1-5-15)13(21)20-7-6-16(19,9-20)14(22)23/h2-3,8H,1,4-7,9H2,(H,22,23). The molecule has 1 aromatic carbocycles. The summed E-state index contributed by atoms with van der Waals surface area (Å²) in [5.41, 5.74) is -2.33. The summed E-state index contributed by atoms with van der Waals surface area (Å²) in [4.78, 5) is 25.3. The number of alkyl halides is 1. The third kappa shape index (κ3) is 2.60. The first-order valence-electron chi connectivity index (χ1n) is 7.46. The molecule has 0 radical (unpaired) electrons. The average Bonchev–Trinajstić information content (AvgIpc) is 2.85. The highest BCUT2D eigenvalue weighted by Gasteiger charge is 2.53. The van der Waals surface area contributed by atoms with Crippen LogP contribution >= 0.6 is 23.2 Å². The Morgan fingerprint density at radius 2 is 1.87 bits per heavy atom. The number of benzene rings is 1. The number of amides is 1. The highest BCUT2D eigenvalue weighted by Crippen LogP contribution is 2.47. The molecule has 4 nitrogen and oxygen atoms in total. The third-order valence-corrected chi connectivity index (χ3v) is 5.72. The van der Waals surface area contributed by atoms with Gasteiger partial charge in [-0.1, -0.05) is 35.7 Å². The first-order valence-corrected chi connectivity index (χ1v) is 8.21. The number of carboxylic acid groups (broad SMARTS) is 1. The van der Waals surface area contributed by atoms with Crippen LogP contribution in [0.5, 0.6) is 0 Å². The van der Waals surface area contributed by atoms with Crippen LogP contribution in [0.25, 0.3) is 0 Å². The van der Waals surface area contributed by atoms with Crippen LogP contribution in [0.2, 0.25) is 10.0 Å². The van der Waals surface area contributed by atoms with Crippen LogP contribution < -0.4 is 0 Å². The fourth-order valence-corrected chi connectivity index (χ4v) is 3.67. The summed E-state index contributed by atoms with van der Waals surface area (Å²) in [6.45, 7) is -0.283. The van der Waals surface area contributed by atoms with E-state index in [1.165, 1.54) is 4.90 Å². The van der Waals surface area contributed by atoms with E-state index in [-0.39, 0.29) is 18.9 Å². The van der Waals surface area contributed by atoms with Crippen molar-refractivity contribution in [3.05, 3.63) is 33.8 Å². The zero-order chi connectivity index (χ0) is 16.8. The number of carboxylic acids is 1. The number of halogens is 3. The Hall–Kier alpha value is -1.33. The van der Waals surface area contributed by atoms with Gasteiger partial charge in [0.25, 0.3) is 0 Å². The van der Waals surface area contributed by atoms with E-state index in [0.717, 1.165) is 12.0 Å². The van der Waals surface area contributed by atoms with Crippen molar-refractivity contribution in [1.82, 2.24) is 4.90 Å². The lowest BCUT2D eigenvalue weighted by atomic mass is 9.63. The van der Waals surface area contributed by atoms with Gasteiger partial charge in [0.05, 0.1) is 22.0 Å². The Morgan fingerprint density at radius 3 is 2.35 bits per heavy atom. The van der Waals surface area contributed by atoms with Gasteiger partial charge in [0, 0.05) is 13.0 Å². The van der Waals surface area contributed by atoms with Crippen LogP contribution in [0.4, 0.5) is 4.39 Å². The number of aliphatic carboxylic acids is 1. The van der Waals surface area contributed by atoms with Gasteiger partial charge >= 0.3 is 5.97 Å². The highest BCUT2D eigenvalue weighted by molar-refractivity contribution is 6.42. The molecule has 0 spiro atoms. The maximum atomic E-state index is 14.2. The first kappa shape index (κ1) is 16.5. The predicted molar refractivity (Wildman–Crippen MR) is 84.7 cm³/mol. The van der Waals surface area contributed by atoms with Crippen LogP contribution in [0.1, 0.15) is 31.2 Å². The molecule has 1 atom stereocenters. The molecule has 1 aliphatic carbocycles. The van der Waals surface area contributed by atoms with Crippen molar-refractivity contribution < 1.29 is 19.1 Å². The molecule has 0 bridgehead atoms. The second-order valence-electron chi connectivity index (χ2n) is 6.31. The Kier molecular flexibility index (Phi) is 4.05. The molecule has 1 unspecified atom stereocenters. The number of carbonyl (C=O) groups is 2. The zero-order valence-corrected chi connectivity index (χ0v) is 13.8. The normalized spacial score (nSPS) is 26.0. The van der Waals surface area contributed by atoms with Gasteiger partial charge in [-0.25, -0.2) is 9.18 Å². The molecule has 23 heavy (non-hydrogen) atoms. The van der Waals surface area contributed by atoms with E-state index in [9.17, 15) is 14.0 Å². The van der Waals surface area contributed by atoms with E-state index < -0.39 is 23.6 Å². The van der Waals surface area contributed by atoms with Gasteiger partial charge in [0.15, 0.2) is 0 Å². The molecule has 2 aliphatic rings. The fraction of sp³-hybridized carbons (Fsp3) is 0.500. The number of hydrogen-bond acceptors (Lipinski definition) is 2. The minimum Gasteiger partial charge on any atom is -0.479 e. The number of nitrogens with zero attached hydrogens (tertiary/aromatic N) is 1. The summed E-state index contributed by atoms with van der Waals surface area (Å²) < 4.78 is 14.2. The lowest BCUT2D eigenvalue weighted by molar-refractivity contribution is -0.151. The minimum atomic E-state index is -2.35. The lowest BCUT2D eigenvalue weighted by Gasteiger charge is -2.43. The Bertz CT molecular complexity index is 677. The first-order chi connectivity index (χ1) is 10.8. The van der Waals surface area contributed by atoms with Crippen LogP contribution in [0, 0.1) is 0 Å². The molecular weight excluding hydrogens is 344 g/mol. The van der Waals surface area contributed by atoms with Crippen molar-refractivity contribution >= 4 is 35.1 Å². The Morgan fingerprint density at radius 1 is 1.17 bits per heavy atom. The summed E-state index contributed by atoms with van der Waals surface area (Å²) >= 11 is 12.0. The van der Waals surface area contributed by atoms with Gasteiger partial charge in [-0.05, 0) is 30.5 Å². The van der Waals surface area contributed by atoms with Crippen LogP contribution in [-0.2, 0) is 15.0 Å². The quantitative estimate of drug-likeness (QED) is 0.899. The molecule has 3 rings (SSSR count). The van der Waals surface area contributed by atoms with Crippen molar-refractivity contribution in [3.8, 4) is 0 Å². The molecule has 7 heteroatoms. The molecule has 1 saturated carbocycles. The highest BCUT2D eigenvalue weighted by atomic mass is 35.5. The number of rotatable bonds is 3. The Labute approximate surface area is 143 Å². The molecule has 0 aromatic heterocycles. The monoisotopic (exact) mass is 359 g/mol. The smallest absolute Gasteiger partial charge is 0.343 e. The fourth-order valence-electron chi connectivity index (χ4n) is 3.37. The average molecular weight is 360 g/mol. The number of carbonyl (C=O) groups excluding carboxylic acids is 1. The zero-order valence-electron chi connectivity index (χ0n) is 12.3. The van der Waals surface area contributed by atoms with E-state index in [2.05, 4.69) is 0 Å². The van der Waals surface area contributed by atoms with E-state index in [1.807, 2.05) is 0 Å². The van der Waals surface area contributed by atoms with E-state index in [0.29, 0.717) is 22.9 Å². The second-order valence-corrected chi connectivity index (χ2v) is 7.13. The van der Waals surface area contributed by atoms with Crippen molar-refractivity contribution in [2.45, 2.75) is 36.8 Å². The van der Waals surface area contributed by atoms with Crippen LogP contribution in [-0.4, -0.2) is 40.6 Å². The topological polar surface area (TPSA) is 57.6 Å². The second kappa shape index (κ2) is 5.64. The van der Waals surface area contributed by atoms with Crippen molar-refractivity contribution in [2.75, 3.05) is 13.1 Å².